The van der Waals surface area contributed by atoms with Crippen molar-refractivity contribution in [1.29, 1.82) is 0 Å². The molecule has 12 nitrogen and oxygen atoms in total. The van der Waals surface area contributed by atoms with Crippen molar-refractivity contribution in [2.75, 3.05) is 25.0 Å². The number of piperidine rings is 1. The minimum Gasteiger partial charge on any atom is -0.479 e. The highest BCUT2D eigenvalue weighted by atomic mass is 79.9. The molecule has 0 saturated carbocycles. The number of non-ortho nitro benzene ring substituents is 1. The second-order valence-corrected chi connectivity index (χ2v) is 12.8. The summed E-state index contributed by atoms with van der Waals surface area (Å²) < 4.78 is 32.8. The molecule has 40 heavy (non-hydrogen) atoms. The Kier molecular flexibility index (Phi) is 9.08. The molecule has 0 unspecified atom stereocenters. The van der Waals surface area contributed by atoms with E-state index in [2.05, 4.69) is 21.2 Å². The van der Waals surface area contributed by atoms with Crippen LogP contribution < -0.4 is 10.1 Å². The second-order valence-electron chi connectivity index (χ2n) is 8.97. The maximum absolute atomic E-state index is 12.9. The smallest absolute Gasteiger partial charge is 0.349 e. The van der Waals surface area contributed by atoms with Crippen molar-refractivity contribution in [3.05, 3.63) is 73.6 Å². The first-order valence-electron chi connectivity index (χ1n) is 11.9. The number of hydrogen-bond acceptors (Lipinski definition) is 9. The molecule has 2 heterocycles. The fourth-order valence-electron chi connectivity index (χ4n) is 4.31. The van der Waals surface area contributed by atoms with Gasteiger partial charge in [-0.2, -0.15) is 0 Å². The van der Waals surface area contributed by atoms with Gasteiger partial charge in [-0.25, -0.2) is 22.3 Å². The van der Waals surface area contributed by atoms with Gasteiger partial charge in [0.2, 0.25) is 10.0 Å². The van der Waals surface area contributed by atoms with Crippen molar-refractivity contribution in [2.45, 2.75) is 24.6 Å². The fraction of sp³-hybridized carbons (Fsp3) is 0.280. The molecular formula is C25H24BrN3O9S2. The highest BCUT2D eigenvalue weighted by molar-refractivity contribution is 9.10. The Morgan fingerprint density at radius 1 is 1.15 bits per heavy atom. The molecule has 1 aliphatic rings. The van der Waals surface area contributed by atoms with Crippen LogP contribution in [0.5, 0.6) is 5.75 Å². The molecule has 0 atom stereocenters. The predicted octanol–water partition coefficient (Wildman–Crippen LogP) is 4.65. The van der Waals surface area contributed by atoms with Gasteiger partial charge < -0.3 is 20.3 Å². The Morgan fingerprint density at radius 2 is 1.85 bits per heavy atom. The lowest BCUT2D eigenvalue weighted by Gasteiger charge is -2.32. The molecule has 212 valence electrons. The molecule has 3 N–H and O–H groups in total. The number of benzene rings is 2. The van der Waals surface area contributed by atoms with Crippen molar-refractivity contribution in [2.24, 2.45) is 0 Å². The molecule has 3 aromatic rings. The number of aliphatic carboxylic acids is 1. The van der Waals surface area contributed by atoms with E-state index >= 15 is 0 Å². The van der Waals surface area contributed by atoms with Crippen LogP contribution in [0.15, 0.2) is 53.0 Å². The largest absolute Gasteiger partial charge is 0.479 e. The summed E-state index contributed by atoms with van der Waals surface area (Å²) in [5, 5.41) is 32.9. The number of sulfonamides is 1. The number of aromatic carboxylic acids is 1. The number of carboxylic acid groups (broad SMARTS) is 2. The van der Waals surface area contributed by atoms with Crippen LogP contribution in [0.1, 0.15) is 28.1 Å². The van der Waals surface area contributed by atoms with E-state index in [1.165, 1.54) is 22.5 Å². The number of ether oxygens (including phenoxy) is 1. The fourth-order valence-corrected chi connectivity index (χ4v) is 7.75. The molecular weight excluding hydrogens is 630 g/mol. The summed E-state index contributed by atoms with van der Waals surface area (Å²) in [5.41, 5.74) is 1.64. The quantitative estimate of drug-likeness (QED) is 0.195. The number of rotatable bonds is 11. The van der Waals surface area contributed by atoms with E-state index in [-0.39, 0.29) is 41.2 Å². The molecule has 1 aliphatic heterocycles. The monoisotopic (exact) mass is 653 g/mol. The normalized spacial score (nSPS) is 14.5. The van der Waals surface area contributed by atoms with E-state index < -0.39 is 33.5 Å². The first kappa shape index (κ1) is 29.5. The molecule has 0 radical (unpaired) electrons. The van der Waals surface area contributed by atoms with E-state index in [1.807, 2.05) is 12.1 Å². The van der Waals surface area contributed by atoms with Crippen LogP contribution in [-0.4, -0.2) is 65.5 Å². The van der Waals surface area contributed by atoms with Crippen LogP contribution in [0.2, 0.25) is 0 Å². The Balaban J connectivity index is 1.42. The van der Waals surface area contributed by atoms with Crippen molar-refractivity contribution >= 4 is 60.6 Å². The zero-order valence-electron chi connectivity index (χ0n) is 20.8. The summed E-state index contributed by atoms with van der Waals surface area (Å²) in [4.78, 5) is 33.5. The van der Waals surface area contributed by atoms with Gasteiger partial charge in [0.1, 0.15) is 0 Å². The number of carbonyl (C=O) groups is 2. The third-order valence-corrected chi connectivity index (χ3v) is 10.2. The van der Waals surface area contributed by atoms with Gasteiger partial charge in [-0.3, -0.25) is 10.1 Å². The molecule has 1 aromatic heterocycles. The molecule has 0 spiro atoms. The number of nitro benzene ring substituents is 1. The van der Waals surface area contributed by atoms with Crippen LogP contribution in [0.25, 0.3) is 10.4 Å². The maximum Gasteiger partial charge on any atom is 0.349 e. The highest BCUT2D eigenvalue weighted by Gasteiger charge is 2.29. The summed E-state index contributed by atoms with van der Waals surface area (Å²) in [6, 6.07) is 12.8. The number of halogens is 1. The summed E-state index contributed by atoms with van der Waals surface area (Å²) in [5.74, 6) is -2.84. The number of anilines is 1. The zero-order valence-corrected chi connectivity index (χ0v) is 24.0. The predicted molar refractivity (Wildman–Crippen MR) is 151 cm³/mol. The second kappa shape index (κ2) is 12.3. The molecule has 15 heteroatoms. The van der Waals surface area contributed by atoms with Crippen molar-refractivity contribution in [1.82, 2.24) is 4.31 Å². The number of nitro groups is 1. The van der Waals surface area contributed by atoms with Gasteiger partial charge in [-0.05, 0) is 52.0 Å². The van der Waals surface area contributed by atoms with Crippen LogP contribution >= 0.6 is 27.3 Å². The standard InChI is InChI=1S/C25H24BrN3O9S2/c26-21-22(38-13-20(30)31)24(25(32)33)39-23(21)16-4-2-5-18(12-16)27-17-7-9-28(10-8-17)40(36,37)14-15-3-1-6-19(11-15)29(34)35/h1-6,11-12,17,27H,7-10,13-14H2,(H,30,31)(H,32,33). The molecule has 0 bridgehead atoms. The SMILES string of the molecule is O=C(O)COc1c(C(=O)O)sc(-c2cccc(NC3CCN(S(=O)(=O)Cc4cccc([N+](=O)[O-])c4)CC3)c2)c1Br. The Morgan fingerprint density at radius 3 is 2.50 bits per heavy atom. The van der Waals surface area contributed by atoms with E-state index in [1.54, 1.807) is 18.2 Å². The van der Waals surface area contributed by atoms with E-state index in [4.69, 9.17) is 9.84 Å². The molecule has 1 fully saturated rings. The van der Waals surface area contributed by atoms with Gasteiger partial charge in [0.25, 0.3) is 5.69 Å². The van der Waals surface area contributed by atoms with Crippen molar-refractivity contribution < 1.29 is 37.9 Å². The van der Waals surface area contributed by atoms with Gasteiger partial charge in [-0.1, -0.05) is 24.3 Å². The van der Waals surface area contributed by atoms with Crippen LogP contribution in [0.4, 0.5) is 11.4 Å². The Hall–Kier alpha value is -3.53. The minimum absolute atomic E-state index is 0.0182. The van der Waals surface area contributed by atoms with Gasteiger partial charge in [0, 0.05) is 37.0 Å². The van der Waals surface area contributed by atoms with Crippen molar-refractivity contribution in [3.63, 3.8) is 0 Å². The van der Waals surface area contributed by atoms with E-state index in [0.717, 1.165) is 17.0 Å². The van der Waals surface area contributed by atoms with Crippen LogP contribution in [0, 0.1) is 10.1 Å². The summed E-state index contributed by atoms with van der Waals surface area (Å²) >= 11 is 4.31. The lowest BCUT2D eigenvalue weighted by atomic mass is 10.1. The zero-order chi connectivity index (χ0) is 29.0. The lowest BCUT2D eigenvalue weighted by Crippen LogP contribution is -2.42. The number of thiophene rings is 1. The van der Waals surface area contributed by atoms with E-state index in [9.17, 15) is 33.2 Å². The third-order valence-electron chi connectivity index (χ3n) is 6.16. The number of nitrogens with one attached hydrogen (secondary N) is 1. The first-order chi connectivity index (χ1) is 18.9. The topological polar surface area (TPSA) is 176 Å². The van der Waals surface area contributed by atoms with Crippen LogP contribution in [0.3, 0.4) is 0 Å². The Bertz CT molecular complexity index is 1550. The van der Waals surface area contributed by atoms with Gasteiger partial charge >= 0.3 is 11.9 Å². The van der Waals surface area contributed by atoms with Gasteiger partial charge in [-0.15, -0.1) is 11.3 Å². The average Bonchev–Trinajstić information content (AvgIpc) is 3.24. The maximum atomic E-state index is 12.9. The minimum atomic E-state index is -3.66. The first-order valence-corrected chi connectivity index (χ1v) is 15.1. The number of nitrogens with zero attached hydrogens (tertiary/aromatic N) is 2. The molecule has 1 saturated heterocycles. The Labute approximate surface area is 241 Å². The number of carboxylic acids is 2. The molecule has 0 aliphatic carbocycles. The lowest BCUT2D eigenvalue weighted by molar-refractivity contribution is -0.384. The highest BCUT2D eigenvalue weighted by Crippen LogP contribution is 2.46. The van der Waals surface area contributed by atoms with Gasteiger partial charge in [0.15, 0.2) is 17.2 Å². The van der Waals surface area contributed by atoms with Crippen molar-refractivity contribution in [3.8, 4) is 16.2 Å². The third kappa shape index (κ3) is 6.96. The van der Waals surface area contributed by atoms with E-state index in [0.29, 0.717) is 33.3 Å². The number of hydrogen-bond donors (Lipinski definition) is 3. The van der Waals surface area contributed by atoms with Crippen LogP contribution in [-0.2, 0) is 20.6 Å². The summed E-state index contributed by atoms with van der Waals surface area (Å²) in [6.45, 7) is -0.106. The van der Waals surface area contributed by atoms with Gasteiger partial charge in [0.05, 0.1) is 20.0 Å². The molecule has 0 amide bonds. The average molecular weight is 655 g/mol. The summed E-state index contributed by atoms with van der Waals surface area (Å²) in [7, 11) is -3.66. The summed E-state index contributed by atoms with van der Waals surface area (Å²) in [6.07, 6.45) is 1.08. The molecule has 2 aromatic carbocycles. The molecule has 4 rings (SSSR count).